The predicted molar refractivity (Wildman–Crippen MR) is 85.9 cm³/mol. The summed E-state index contributed by atoms with van der Waals surface area (Å²) >= 11 is 0. The predicted octanol–water partition coefficient (Wildman–Crippen LogP) is 2.07. The van der Waals surface area contributed by atoms with E-state index in [1.165, 1.54) is 0 Å². The summed E-state index contributed by atoms with van der Waals surface area (Å²) in [6.07, 6.45) is 1.49. The van der Waals surface area contributed by atoms with Crippen LogP contribution in [0.15, 0.2) is 34.9 Å². The molecule has 130 valence electrons. The first-order valence-corrected chi connectivity index (χ1v) is 8.08. The van der Waals surface area contributed by atoms with Gasteiger partial charge in [0, 0.05) is 6.42 Å². The smallest absolute Gasteiger partial charge is 0.335 e. The van der Waals surface area contributed by atoms with E-state index in [0.717, 1.165) is 21.8 Å². The second kappa shape index (κ2) is 6.84. The first kappa shape index (κ1) is 16.8. The van der Waals surface area contributed by atoms with Gasteiger partial charge in [0.25, 0.3) is 0 Å². The van der Waals surface area contributed by atoms with Crippen molar-refractivity contribution in [2.24, 2.45) is 0 Å². The lowest BCUT2D eigenvalue weighted by Crippen LogP contribution is -2.35. The van der Waals surface area contributed by atoms with Crippen molar-refractivity contribution in [1.29, 1.82) is 0 Å². The minimum absolute atomic E-state index is 0.132. The lowest BCUT2D eigenvalue weighted by molar-refractivity contribution is -0.144. The van der Waals surface area contributed by atoms with Crippen molar-refractivity contribution in [3.05, 3.63) is 47.6 Å². The molecule has 8 heteroatoms. The van der Waals surface area contributed by atoms with Gasteiger partial charge in [-0.25, -0.2) is 14.6 Å². The van der Waals surface area contributed by atoms with E-state index in [-0.39, 0.29) is 12.4 Å². The molecule has 2 aromatic rings. The molecule has 0 aliphatic carbocycles. The third-order valence-corrected chi connectivity index (χ3v) is 4.03. The van der Waals surface area contributed by atoms with E-state index >= 15 is 0 Å². The van der Waals surface area contributed by atoms with Gasteiger partial charge in [-0.15, -0.1) is 0 Å². The Kier molecular flexibility index (Phi) is 4.60. The molecule has 0 N–H and O–H groups in total. The number of nitrogens with zero attached hydrogens (tertiary/aromatic N) is 4. The fourth-order valence-electron chi connectivity index (χ4n) is 2.70. The highest BCUT2D eigenvalue weighted by Gasteiger charge is 2.47. The van der Waals surface area contributed by atoms with Crippen LogP contribution in [0.25, 0.3) is 0 Å². The molecule has 0 bridgehead atoms. The average Bonchev–Trinajstić information content (AvgIpc) is 3.14. The highest BCUT2D eigenvalue weighted by atomic mass is 16.5. The molecule has 1 aliphatic rings. The van der Waals surface area contributed by atoms with Crippen molar-refractivity contribution in [3.8, 4) is 0 Å². The molecule has 25 heavy (non-hydrogen) atoms. The van der Waals surface area contributed by atoms with Crippen molar-refractivity contribution in [3.63, 3.8) is 0 Å². The summed E-state index contributed by atoms with van der Waals surface area (Å²) in [5.41, 5.74) is 0.766. The first-order valence-electron chi connectivity index (χ1n) is 8.08. The molecule has 4 amide bonds. The maximum atomic E-state index is 12.6. The molecule has 2 heterocycles. The summed E-state index contributed by atoms with van der Waals surface area (Å²) in [5.74, 6) is -1.10. The Morgan fingerprint density at radius 3 is 2.52 bits per heavy atom. The number of imide groups is 2. The zero-order valence-corrected chi connectivity index (χ0v) is 14.0. The van der Waals surface area contributed by atoms with E-state index in [4.69, 9.17) is 4.52 Å². The van der Waals surface area contributed by atoms with Crippen molar-refractivity contribution in [1.82, 2.24) is 19.9 Å². The van der Waals surface area contributed by atoms with Crippen LogP contribution in [-0.2, 0) is 22.6 Å². The van der Waals surface area contributed by atoms with Gasteiger partial charge < -0.3 is 4.52 Å². The van der Waals surface area contributed by atoms with Crippen LogP contribution in [0.4, 0.5) is 4.79 Å². The van der Waals surface area contributed by atoms with Gasteiger partial charge in [-0.3, -0.25) is 9.59 Å². The van der Waals surface area contributed by atoms with Crippen LogP contribution in [-0.4, -0.2) is 37.8 Å². The Morgan fingerprint density at radius 2 is 1.84 bits per heavy atom. The molecule has 1 atom stereocenters. The summed E-state index contributed by atoms with van der Waals surface area (Å²) in [5, 5.41) is 3.78. The van der Waals surface area contributed by atoms with E-state index in [0.29, 0.717) is 12.2 Å². The van der Waals surface area contributed by atoms with Gasteiger partial charge in [0.2, 0.25) is 5.89 Å². The molecule has 3 rings (SSSR count). The number of rotatable bonds is 6. The Balaban J connectivity index is 1.79. The van der Waals surface area contributed by atoms with E-state index < -0.39 is 23.9 Å². The number of carbonyl (C=O) groups excluding carboxylic acids is 3. The average molecular weight is 342 g/mol. The summed E-state index contributed by atoms with van der Waals surface area (Å²) in [4.78, 5) is 43.0. The minimum atomic E-state index is -0.886. The molecule has 1 saturated heterocycles. The number of urea groups is 1. The quantitative estimate of drug-likeness (QED) is 0.589. The molecule has 1 aromatic heterocycles. The van der Waals surface area contributed by atoms with Gasteiger partial charge >= 0.3 is 17.8 Å². The minimum Gasteiger partial charge on any atom is -0.337 e. The van der Waals surface area contributed by atoms with Crippen molar-refractivity contribution < 1.29 is 18.9 Å². The van der Waals surface area contributed by atoms with Gasteiger partial charge in [-0.05, 0) is 18.9 Å². The highest BCUT2D eigenvalue weighted by molar-refractivity contribution is 6.44. The first-order chi connectivity index (χ1) is 12.0. The lowest BCUT2D eigenvalue weighted by atomic mass is 10.1. The van der Waals surface area contributed by atoms with E-state index in [1.807, 2.05) is 25.1 Å². The lowest BCUT2D eigenvalue weighted by Gasteiger charge is -2.21. The van der Waals surface area contributed by atoms with E-state index in [2.05, 4.69) is 10.1 Å². The third kappa shape index (κ3) is 3.15. The standard InChI is InChI=1S/C17H18N4O4/c1-3-7-13-18-14(25-19-13)10-20-15(22)16(23)21(17(20)24)11(2)12-8-5-4-6-9-12/h4-6,8-9,11H,3,7,10H2,1-2H3. The van der Waals surface area contributed by atoms with Gasteiger partial charge in [-0.1, -0.05) is 42.4 Å². The number of aryl methyl sites for hydroxylation is 1. The zero-order chi connectivity index (χ0) is 18.0. The van der Waals surface area contributed by atoms with Crippen LogP contribution in [0.2, 0.25) is 0 Å². The number of hydrogen-bond acceptors (Lipinski definition) is 6. The second-order valence-electron chi connectivity index (χ2n) is 5.79. The number of carbonyl (C=O) groups is 3. The Morgan fingerprint density at radius 1 is 1.12 bits per heavy atom. The molecule has 1 unspecified atom stereocenters. The van der Waals surface area contributed by atoms with E-state index in [9.17, 15) is 14.4 Å². The summed E-state index contributed by atoms with van der Waals surface area (Å²) in [7, 11) is 0. The van der Waals surface area contributed by atoms with Crippen LogP contribution in [0.1, 0.15) is 43.6 Å². The normalized spacial score (nSPS) is 16.0. The highest BCUT2D eigenvalue weighted by Crippen LogP contribution is 2.26. The molecule has 0 saturated carbocycles. The van der Waals surface area contributed by atoms with Crippen LogP contribution in [0.5, 0.6) is 0 Å². The van der Waals surface area contributed by atoms with Crippen LogP contribution < -0.4 is 0 Å². The fourth-order valence-corrected chi connectivity index (χ4v) is 2.70. The summed E-state index contributed by atoms with van der Waals surface area (Å²) < 4.78 is 5.05. The molecule has 0 spiro atoms. The Hall–Kier alpha value is -3.03. The van der Waals surface area contributed by atoms with Gasteiger partial charge in [0.1, 0.15) is 6.54 Å². The Bertz CT molecular complexity index is 802. The van der Waals surface area contributed by atoms with Gasteiger partial charge in [0.15, 0.2) is 5.82 Å². The maximum Gasteiger partial charge on any atom is 0.335 e. The maximum absolute atomic E-state index is 12.6. The second-order valence-corrected chi connectivity index (χ2v) is 5.79. The van der Waals surface area contributed by atoms with Crippen molar-refractivity contribution in [2.75, 3.05) is 0 Å². The van der Waals surface area contributed by atoms with Crippen LogP contribution >= 0.6 is 0 Å². The summed E-state index contributed by atoms with van der Waals surface area (Å²) in [6, 6.07) is 7.83. The topological polar surface area (TPSA) is 96.6 Å². The third-order valence-electron chi connectivity index (χ3n) is 4.03. The fraction of sp³-hybridized carbons (Fsp3) is 0.353. The molecule has 0 radical (unpaired) electrons. The molecule has 1 aliphatic heterocycles. The van der Waals surface area contributed by atoms with E-state index in [1.54, 1.807) is 19.1 Å². The number of benzene rings is 1. The monoisotopic (exact) mass is 342 g/mol. The number of aromatic nitrogens is 2. The van der Waals surface area contributed by atoms with Gasteiger partial charge in [0.05, 0.1) is 6.04 Å². The van der Waals surface area contributed by atoms with Crippen molar-refractivity contribution in [2.45, 2.75) is 39.3 Å². The number of hydrogen-bond donors (Lipinski definition) is 0. The molecular weight excluding hydrogens is 324 g/mol. The summed E-state index contributed by atoms with van der Waals surface area (Å²) in [6.45, 7) is 3.47. The zero-order valence-electron chi connectivity index (χ0n) is 14.0. The number of amides is 4. The van der Waals surface area contributed by atoms with Crippen molar-refractivity contribution >= 4 is 17.8 Å². The molecular formula is C17H18N4O4. The Labute approximate surface area is 144 Å². The largest absolute Gasteiger partial charge is 0.337 e. The SMILES string of the molecule is CCCc1noc(CN2C(=O)C(=O)N(C(C)c3ccccc3)C2=O)n1. The van der Waals surface area contributed by atoms with Crippen LogP contribution in [0.3, 0.4) is 0 Å². The van der Waals surface area contributed by atoms with Crippen LogP contribution in [0, 0.1) is 0 Å². The molecule has 1 fully saturated rings. The molecule has 8 nitrogen and oxygen atoms in total. The molecule has 1 aromatic carbocycles. The van der Waals surface area contributed by atoms with Gasteiger partial charge in [-0.2, -0.15) is 4.98 Å².